The van der Waals surface area contributed by atoms with Gasteiger partial charge in [-0.3, -0.25) is 4.90 Å². The van der Waals surface area contributed by atoms with Crippen LogP contribution >= 0.6 is 0 Å². The fraction of sp³-hybridized carbons (Fsp3) is 0.588. The summed E-state index contributed by atoms with van der Waals surface area (Å²) in [6.45, 7) is 0. The summed E-state index contributed by atoms with van der Waals surface area (Å²) in [5.74, 6) is -0.200. The first-order chi connectivity index (χ1) is 10.2. The number of hydrogen-bond donors (Lipinski definition) is 1. The Morgan fingerprint density at radius 1 is 1.24 bits per heavy atom. The first-order valence-corrected chi connectivity index (χ1v) is 7.79. The number of esters is 1. The highest BCUT2D eigenvalue weighted by molar-refractivity contribution is 5.77. The van der Waals surface area contributed by atoms with Crippen molar-refractivity contribution in [3.63, 3.8) is 0 Å². The van der Waals surface area contributed by atoms with E-state index >= 15 is 0 Å². The Labute approximate surface area is 125 Å². The molecule has 114 valence electrons. The molecule has 2 fully saturated rings. The lowest BCUT2D eigenvalue weighted by Crippen LogP contribution is -2.56. The second-order valence-corrected chi connectivity index (χ2v) is 6.15. The molecule has 4 heteroatoms. The molecule has 21 heavy (non-hydrogen) atoms. The Bertz CT molecular complexity index is 476. The van der Waals surface area contributed by atoms with E-state index in [1.165, 1.54) is 13.5 Å². The van der Waals surface area contributed by atoms with Crippen LogP contribution in [0.4, 0.5) is 0 Å². The largest absolute Gasteiger partial charge is 0.468 e. The van der Waals surface area contributed by atoms with Crippen molar-refractivity contribution in [2.24, 2.45) is 0 Å². The first-order valence-electron chi connectivity index (χ1n) is 7.79. The van der Waals surface area contributed by atoms with Crippen molar-refractivity contribution in [3.05, 3.63) is 35.9 Å². The van der Waals surface area contributed by atoms with Gasteiger partial charge >= 0.3 is 5.97 Å². The van der Waals surface area contributed by atoms with E-state index < -0.39 is 0 Å². The number of ether oxygens (including phenoxy) is 1. The smallest absolute Gasteiger partial charge is 0.327 e. The molecule has 0 aliphatic carbocycles. The van der Waals surface area contributed by atoms with Crippen LogP contribution in [0.25, 0.3) is 0 Å². The molecule has 1 N–H and O–H groups in total. The molecule has 2 bridgehead atoms. The van der Waals surface area contributed by atoms with Gasteiger partial charge in [0.25, 0.3) is 0 Å². The van der Waals surface area contributed by atoms with E-state index in [9.17, 15) is 9.90 Å². The topological polar surface area (TPSA) is 49.8 Å². The number of carbonyl (C=O) groups is 1. The molecule has 2 unspecified atom stereocenters. The number of aliphatic hydroxyl groups excluding tert-OH is 1. The average Bonchev–Trinajstić information content (AvgIpc) is 2.49. The van der Waals surface area contributed by atoms with Gasteiger partial charge in [-0.2, -0.15) is 0 Å². The normalized spacial score (nSPS) is 30.7. The Morgan fingerprint density at radius 3 is 2.43 bits per heavy atom. The van der Waals surface area contributed by atoms with Crippen LogP contribution in [0, 0.1) is 0 Å². The van der Waals surface area contributed by atoms with Gasteiger partial charge in [0, 0.05) is 12.1 Å². The maximum atomic E-state index is 12.4. The lowest BCUT2D eigenvalue weighted by atomic mass is 9.81. The van der Waals surface area contributed by atoms with Gasteiger partial charge in [-0.15, -0.1) is 0 Å². The average molecular weight is 289 g/mol. The number of nitrogens with zero attached hydrogens (tertiary/aromatic N) is 1. The number of rotatable bonds is 3. The second kappa shape index (κ2) is 6.16. The van der Waals surface area contributed by atoms with Crippen molar-refractivity contribution in [2.45, 2.75) is 56.3 Å². The number of benzene rings is 1. The van der Waals surface area contributed by atoms with Crippen LogP contribution in [0.3, 0.4) is 0 Å². The van der Waals surface area contributed by atoms with Gasteiger partial charge in [-0.05, 0) is 31.2 Å². The van der Waals surface area contributed by atoms with Gasteiger partial charge in [0.2, 0.25) is 0 Å². The van der Waals surface area contributed by atoms with Crippen molar-refractivity contribution in [2.75, 3.05) is 7.11 Å². The van der Waals surface area contributed by atoms with E-state index in [1.54, 1.807) is 0 Å². The molecule has 2 aliphatic rings. The molecule has 2 aliphatic heterocycles. The number of piperidine rings is 2. The molecule has 1 aromatic rings. The van der Waals surface area contributed by atoms with Crippen LogP contribution in [-0.2, 0) is 9.53 Å². The lowest BCUT2D eigenvalue weighted by Gasteiger charge is -2.50. The molecule has 0 spiro atoms. The molecule has 1 aromatic carbocycles. The summed E-state index contributed by atoms with van der Waals surface area (Å²) >= 11 is 0. The predicted molar refractivity (Wildman–Crippen MR) is 79.7 cm³/mol. The van der Waals surface area contributed by atoms with Gasteiger partial charge < -0.3 is 9.84 Å². The van der Waals surface area contributed by atoms with Gasteiger partial charge in [-0.25, -0.2) is 4.79 Å². The van der Waals surface area contributed by atoms with Gasteiger partial charge in [0.1, 0.15) is 6.04 Å². The number of methoxy groups -OCH3 is 1. The Hall–Kier alpha value is -1.39. The molecule has 0 saturated carbocycles. The van der Waals surface area contributed by atoms with E-state index in [-0.39, 0.29) is 30.2 Å². The molecule has 2 saturated heterocycles. The van der Waals surface area contributed by atoms with Crippen LogP contribution in [0.15, 0.2) is 30.3 Å². The highest BCUT2D eigenvalue weighted by atomic mass is 16.5. The maximum Gasteiger partial charge on any atom is 0.327 e. The molecule has 2 heterocycles. The van der Waals surface area contributed by atoms with E-state index in [0.717, 1.165) is 31.2 Å². The van der Waals surface area contributed by atoms with E-state index in [0.29, 0.717) is 0 Å². The monoisotopic (exact) mass is 289 g/mol. The number of carbonyl (C=O) groups excluding carboxylic acids is 1. The van der Waals surface area contributed by atoms with Gasteiger partial charge in [0.05, 0.1) is 13.2 Å². The van der Waals surface area contributed by atoms with Crippen molar-refractivity contribution in [1.29, 1.82) is 0 Å². The zero-order valence-electron chi connectivity index (χ0n) is 12.4. The van der Waals surface area contributed by atoms with Gasteiger partial charge in [-0.1, -0.05) is 36.8 Å². The van der Waals surface area contributed by atoms with E-state index in [2.05, 4.69) is 4.90 Å². The van der Waals surface area contributed by atoms with Crippen molar-refractivity contribution < 1.29 is 14.6 Å². The van der Waals surface area contributed by atoms with Crippen LogP contribution in [0.2, 0.25) is 0 Å². The van der Waals surface area contributed by atoms with E-state index in [4.69, 9.17) is 4.74 Å². The van der Waals surface area contributed by atoms with Crippen molar-refractivity contribution in [1.82, 2.24) is 4.90 Å². The molecular weight excluding hydrogens is 266 g/mol. The highest BCUT2D eigenvalue weighted by Gasteiger charge is 2.44. The summed E-state index contributed by atoms with van der Waals surface area (Å²) in [5.41, 5.74) is 0.984. The lowest BCUT2D eigenvalue weighted by molar-refractivity contribution is -0.154. The second-order valence-electron chi connectivity index (χ2n) is 6.15. The molecule has 0 radical (unpaired) electrons. The Kier molecular flexibility index (Phi) is 4.27. The number of hydrogen-bond acceptors (Lipinski definition) is 4. The molecule has 4 atom stereocenters. The number of aliphatic hydroxyl groups is 1. The molecule has 0 aromatic heterocycles. The van der Waals surface area contributed by atoms with Crippen LogP contribution < -0.4 is 0 Å². The fourth-order valence-corrected chi connectivity index (χ4v) is 3.99. The third-order valence-corrected chi connectivity index (χ3v) is 4.84. The van der Waals surface area contributed by atoms with Crippen molar-refractivity contribution in [3.8, 4) is 0 Å². The van der Waals surface area contributed by atoms with Crippen LogP contribution in [0.5, 0.6) is 0 Å². The minimum atomic E-state index is -0.348. The summed E-state index contributed by atoms with van der Waals surface area (Å²) in [6.07, 6.45) is 4.57. The quantitative estimate of drug-likeness (QED) is 0.867. The predicted octanol–water partition coefficient (Wildman–Crippen LogP) is 2.28. The summed E-state index contributed by atoms with van der Waals surface area (Å²) in [4.78, 5) is 14.7. The van der Waals surface area contributed by atoms with Crippen LogP contribution in [0.1, 0.15) is 43.7 Å². The minimum absolute atomic E-state index is 0.200. The highest BCUT2D eigenvalue weighted by Crippen LogP contribution is 2.40. The third-order valence-electron chi connectivity index (χ3n) is 4.84. The fourth-order valence-electron chi connectivity index (χ4n) is 3.99. The Balaban J connectivity index is 1.94. The summed E-state index contributed by atoms with van der Waals surface area (Å²) < 4.78 is 5.07. The van der Waals surface area contributed by atoms with E-state index in [1.807, 2.05) is 30.3 Å². The SMILES string of the molecule is COC(=O)C(c1ccccc1)N1[C@@H]2CCC[C@H]1CC(O)C2. The van der Waals surface area contributed by atoms with Gasteiger partial charge in [0.15, 0.2) is 0 Å². The summed E-state index contributed by atoms with van der Waals surface area (Å²) in [5, 5.41) is 10.0. The minimum Gasteiger partial charge on any atom is -0.468 e. The summed E-state index contributed by atoms with van der Waals surface area (Å²) in [7, 11) is 1.45. The maximum absolute atomic E-state index is 12.4. The molecule has 0 amide bonds. The third kappa shape index (κ3) is 2.83. The zero-order chi connectivity index (χ0) is 14.8. The van der Waals surface area contributed by atoms with Crippen LogP contribution in [-0.4, -0.2) is 41.3 Å². The standard InChI is InChI=1S/C17H23NO3/c1-21-17(20)16(12-6-3-2-4-7-12)18-13-8-5-9-14(18)11-15(19)10-13/h2-4,6-7,13-16,19H,5,8-11H2,1H3/t13-,14+,15?,16?. The first kappa shape index (κ1) is 14.5. The molecular formula is C17H23NO3. The summed E-state index contributed by atoms with van der Waals surface area (Å²) in [6, 6.07) is 10.1. The Morgan fingerprint density at radius 2 is 1.86 bits per heavy atom. The number of fused-ring (bicyclic) bond motifs is 2. The molecule has 3 rings (SSSR count). The van der Waals surface area contributed by atoms with Crippen molar-refractivity contribution >= 4 is 5.97 Å². The zero-order valence-corrected chi connectivity index (χ0v) is 12.4. The molecule has 4 nitrogen and oxygen atoms in total.